The maximum atomic E-state index is 9.78. The van der Waals surface area contributed by atoms with Crippen LogP contribution in [0.25, 0.3) is 22.2 Å². The third-order valence-corrected chi connectivity index (χ3v) is 8.78. The van der Waals surface area contributed by atoms with Crippen molar-refractivity contribution in [3.8, 4) is 17.0 Å². The largest absolute Gasteiger partial charge is 0.494 e. The zero-order valence-electron chi connectivity index (χ0n) is 20.2. The number of hydrogen-bond acceptors (Lipinski definition) is 3. The van der Waals surface area contributed by atoms with Gasteiger partial charge in [-0.25, -0.2) is 0 Å². The van der Waals surface area contributed by atoms with Crippen LogP contribution >= 0.6 is 11.8 Å². The van der Waals surface area contributed by atoms with Crippen LogP contribution in [-0.4, -0.2) is 22.0 Å². The van der Waals surface area contributed by atoms with Crippen molar-refractivity contribution < 1.29 is 9.84 Å². The summed E-state index contributed by atoms with van der Waals surface area (Å²) in [5, 5.41) is 11.1. The summed E-state index contributed by atoms with van der Waals surface area (Å²) < 4.78 is 8.55. The number of thioether (sulfide) groups is 1. The van der Waals surface area contributed by atoms with E-state index >= 15 is 0 Å². The first-order valence-corrected chi connectivity index (χ1v) is 14.0. The number of fused-ring (bicyclic) bond motifs is 5. The van der Waals surface area contributed by atoms with Crippen molar-refractivity contribution in [2.24, 2.45) is 5.92 Å². The highest BCUT2D eigenvalue weighted by atomic mass is 32.2. The Balaban J connectivity index is 1.32. The Morgan fingerprint density at radius 1 is 0.943 bits per heavy atom. The van der Waals surface area contributed by atoms with Gasteiger partial charge < -0.3 is 14.4 Å². The molecule has 3 nitrogen and oxygen atoms in total. The fraction of sp³-hybridized carbons (Fsp3) is 0.355. The van der Waals surface area contributed by atoms with Crippen molar-refractivity contribution in [2.75, 3.05) is 12.4 Å². The van der Waals surface area contributed by atoms with Crippen molar-refractivity contribution in [3.63, 3.8) is 0 Å². The van der Waals surface area contributed by atoms with Gasteiger partial charge in [0.25, 0.3) is 0 Å². The summed E-state index contributed by atoms with van der Waals surface area (Å²) >= 11 is 1.94. The molecular weight excluding hydrogens is 450 g/mol. The molecule has 0 unspecified atom stereocenters. The van der Waals surface area contributed by atoms with Crippen LogP contribution in [0.3, 0.4) is 0 Å². The molecule has 35 heavy (non-hydrogen) atoms. The fourth-order valence-corrected chi connectivity index (χ4v) is 6.88. The van der Waals surface area contributed by atoms with Crippen molar-refractivity contribution in [2.45, 2.75) is 56.6 Å². The van der Waals surface area contributed by atoms with Gasteiger partial charge in [0.05, 0.1) is 18.9 Å². The lowest BCUT2D eigenvalue weighted by atomic mass is 10.0. The van der Waals surface area contributed by atoms with Gasteiger partial charge in [-0.2, -0.15) is 0 Å². The number of hydrogen-bond donors (Lipinski definition) is 1. The minimum atomic E-state index is 0.0729. The molecule has 0 saturated heterocycles. The maximum Gasteiger partial charge on any atom is 0.119 e. The Morgan fingerprint density at radius 3 is 2.57 bits per heavy atom. The normalized spacial score (nSPS) is 15.7. The number of aliphatic hydroxyl groups is 1. The predicted molar refractivity (Wildman–Crippen MR) is 145 cm³/mol. The molecule has 0 amide bonds. The lowest BCUT2D eigenvalue weighted by Gasteiger charge is -2.15. The monoisotopic (exact) mass is 483 g/mol. The summed E-state index contributed by atoms with van der Waals surface area (Å²) in [6.07, 6.45) is 7.73. The molecule has 2 aliphatic rings. The van der Waals surface area contributed by atoms with Gasteiger partial charge in [-0.3, -0.25) is 0 Å². The molecule has 0 atom stereocenters. The number of aromatic nitrogens is 1. The van der Waals surface area contributed by atoms with Gasteiger partial charge in [0.2, 0.25) is 0 Å². The summed E-state index contributed by atoms with van der Waals surface area (Å²) in [7, 11) is 0. The molecule has 4 aromatic rings. The second-order valence-electron chi connectivity index (χ2n) is 9.95. The summed E-state index contributed by atoms with van der Waals surface area (Å²) in [5.74, 6) is 2.90. The van der Waals surface area contributed by atoms with Crippen LogP contribution in [-0.2, 0) is 19.6 Å². The average molecular weight is 484 g/mol. The SMILES string of the molecule is OCc1ccc2c(c1)c1c(n2Cc2ccc(OCCC3CCCC3)cc2)-c2ccccc2SCC1. The van der Waals surface area contributed by atoms with Gasteiger partial charge in [-0.05, 0) is 65.8 Å². The third kappa shape index (κ3) is 4.62. The molecule has 0 spiro atoms. The van der Waals surface area contributed by atoms with Crippen LogP contribution in [0.5, 0.6) is 5.75 Å². The van der Waals surface area contributed by atoms with E-state index in [1.165, 1.54) is 70.3 Å². The molecule has 0 bridgehead atoms. The number of benzene rings is 3. The summed E-state index contributed by atoms with van der Waals surface area (Å²) in [5.41, 5.74) is 7.53. The van der Waals surface area contributed by atoms with E-state index in [0.29, 0.717) is 0 Å². The minimum absolute atomic E-state index is 0.0729. The average Bonchev–Trinajstić information content (AvgIpc) is 3.46. The van der Waals surface area contributed by atoms with Crippen LogP contribution in [0.1, 0.15) is 48.8 Å². The van der Waals surface area contributed by atoms with Gasteiger partial charge in [-0.15, -0.1) is 11.8 Å². The second kappa shape index (κ2) is 10.1. The Kier molecular flexibility index (Phi) is 6.58. The molecule has 1 fully saturated rings. The van der Waals surface area contributed by atoms with E-state index in [0.717, 1.165) is 42.6 Å². The molecule has 4 heteroatoms. The second-order valence-corrected chi connectivity index (χ2v) is 11.1. The smallest absolute Gasteiger partial charge is 0.119 e. The molecule has 0 radical (unpaired) electrons. The standard InChI is InChI=1S/C31H33NO2S/c33-21-24-11-14-29-28(19-24)26-16-18-35-30-8-4-3-7-27(30)31(26)32(29)20-23-9-12-25(13-10-23)34-17-15-22-5-1-2-6-22/h3-4,7-14,19,22,33H,1-2,5-6,15-18,20-21H2. The quantitative estimate of drug-likeness (QED) is 0.296. The van der Waals surface area contributed by atoms with E-state index < -0.39 is 0 Å². The van der Waals surface area contributed by atoms with E-state index in [9.17, 15) is 5.11 Å². The van der Waals surface area contributed by atoms with E-state index in [4.69, 9.17) is 4.74 Å². The Morgan fingerprint density at radius 2 is 1.74 bits per heavy atom. The van der Waals surface area contributed by atoms with Crippen LogP contribution in [0.15, 0.2) is 71.6 Å². The van der Waals surface area contributed by atoms with Gasteiger partial charge in [0, 0.05) is 33.7 Å². The first kappa shape index (κ1) is 22.8. The Hall–Kier alpha value is -2.69. The highest BCUT2D eigenvalue weighted by molar-refractivity contribution is 7.99. The Labute approximate surface area is 212 Å². The van der Waals surface area contributed by atoms with Gasteiger partial charge in [0.15, 0.2) is 0 Å². The highest BCUT2D eigenvalue weighted by Crippen LogP contribution is 2.43. The van der Waals surface area contributed by atoms with Gasteiger partial charge >= 0.3 is 0 Å². The van der Waals surface area contributed by atoms with Gasteiger partial charge in [0.1, 0.15) is 5.75 Å². The number of aryl methyl sites for hydroxylation is 1. The molecule has 6 rings (SSSR count). The third-order valence-electron chi connectivity index (χ3n) is 7.70. The maximum absolute atomic E-state index is 9.78. The zero-order valence-corrected chi connectivity index (χ0v) is 21.0. The molecule has 180 valence electrons. The van der Waals surface area contributed by atoms with Crippen molar-refractivity contribution in [1.29, 1.82) is 0 Å². The van der Waals surface area contributed by atoms with Crippen LogP contribution in [0, 0.1) is 5.92 Å². The highest BCUT2D eigenvalue weighted by Gasteiger charge is 2.23. The van der Waals surface area contributed by atoms with E-state index in [1.54, 1.807) is 0 Å². The first-order chi connectivity index (χ1) is 17.3. The number of nitrogens with zero attached hydrogens (tertiary/aromatic N) is 1. The lowest BCUT2D eigenvalue weighted by molar-refractivity contribution is 0.279. The van der Waals surface area contributed by atoms with E-state index in [-0.39, 0.29) is 6.61 Å². The predicted octanol–water partition coefficient (Wildman–Crippen LogP) is 7.46. The number of aliphatic hydroxyl groups excluding tert-OH is 1. The molecule has 1 aliphatic carbocycles. The molecule has 1 aromatic heterocycles. The van der Waals surface area contributed by atoms with Crippen molar-refractivity contribution in [3.05, 3.63) is 83.4 Å². The first-order valence-electron chi connectivity index (χ1n) is 13.0. The summed E-state index contributed by atoms with van der Waals surface area (Å²) in [6.45, 7) is 1.70. The van der Waals surface area contributed by atoms with Gasteiger partial charge in [-0.1, -0.05) is 62.1 Å². The van der Waals surface area contributed by atoms with E-state index in [1.807, 2.05) is 11.8 Å². The number of rotatable bonds is 7. The molecule has 1 saturated carbocycles. The van der Waals surface area contributed by atoms with Crippen LogP contribution < -0.4 is 4.74 Å². The topological polar surface area (TPSA) is 34.4 Å². The van der Waals surface area contributed by atoms with Crippen LogP contribution in [0.4, 0.5) is 0 Å². The lowest BCUT2D eigenvalue weighted by Crippen LogP contribution is -2.05. The molecule has 1 N–H and O–H groups in total. The number of ether oxygens (including phenoxy) is 1. The summed E-state index contributed by atoms with van der Waals surface area (Å²) in [6, 6.07) is 23.9. The molecule has 3 aromatic carbocycles. The molecule has 1 aliphatic heterocycles. The van der Waals surface area contributed by atoms with Crippen molar-refractivity contribution >= 4 is 22.7 Å². The fourth-order valence-electron chi connectivity index (χ4n) is 5.86. The molecule has 2 heterocycles. The zero-order chi connectivity index (χ0) is 23.6. The van der Waals surface area contributed by atoms with Crippen LogP contribution in [0.2, 0.25) is 0 Å². The Bertz CT molecular complexity index is 1320. The summed E-state index contributed by atoms with van der Waals surface area (Å²) in [4.78, 5) is 1.35. The van der Waals surface area contributed by atoms with Crippen molar-refractivity contribution in [1.82, 2.24) is 4.57 Å². The van der Waals surface area contributed by atoms with E-state index in [2.05, 4.69) is 71.3 Å². The minimum Gasteiger partial charge on any atom is -0.494 e. The molecular formula is C31H33NO2S.